The first-order chi connectivity index (χ1) is 12.2. The second-order valence-corrected chi connectivity index (χ2v) is 6.25. The first kappa shape index (κ1) is 18.2. The average Bonchev–Trinajstić information content (AvgIpc) is 2.56. The maximum atomic E-state index is 12.6. The fourth-order valence-electron chi connectivity index (χ4n) is 3.00. The van der Waals surface area contributed by atoms with Crippen LogP contribution < -0.4 is 16.0 Å². The van der Waals surface area contributed by atoms with Gasteiger partial charge in [0.05, 0.1) is 23.0 Å². The zero-order valence-electron chi connectivity index (χ0n) is 14.3. The summed E-state index contributed by atoms with van der Waals surface area (Å²) in [5.74, 6) is 0.357. The molecule has 0 aliphatic heterocycles. The summed E-state index contributed by atoms with van der Waals surface area (Å²) in [4.78, 5) is 16.8. The first-order valence-electron chi connectivity index (χ1n) is 8.00. The molecule has 0 saturated heterocycles. The normalized spacial score (nSPS) is 13.3. The van der Waals surface area contributed by atoms with Gasteiger partial charge in [-0.1, -0.05) is 0 Å². The van der Waals surface area contributed by atoms with Crippen LogP contribution in [0, 0.1) is 6.92 Å². The second-order valence-electron chi connectivity index (χ2n) is 6.25. The van der Waals surface area contributed by atoms with Crippen molar-refractivity contribution in [1.29, 1.82) is 0 Å². The summed E-state index contributed by atoms with van der Waals surface area (Å²) < 4.78 is 43.9. The van der Waals surface area contributed by atoms with Gasteiger partial charge in [0.25, 0.3) is 5.56 Å². The molecule has 26 heavy (non-hydrogen) atoms. The number of benzene rings is 1. The van der Waals surface area contributed by atoms with E-state index in [0.717, 1.165) is 10.8 Å². The number of aryl methyl sites for hydroxylation is 2. The van der Waals surface area contributed by atoms with E-state index in [1.807, 2.05) is 0 Å². The van der Waals surface area contributed by atoms with Crippen LogP contribution in [-0.4, -0.2) is 28.4 Å². The average molecular weight is 365 g/mol. The number of rotatable bonds is 4. The summed E-state index contributed by atoms with van der Waals surface area (Å²) in [6.45, 7) is 1.50. The number of pyridine rings is 2. The van der Waals surface area contributed by atoms with Gasteiger partial charge < -0.3 is 15.0 Å². The maximum absolute atomic E-state index is 12.6. The van der Waals surface area contributed by atoms with Crippen LogP contribution >= 0.6 is 0 Å². The van der Waals surface area contributed by atoms with E-state index in [0.29, 0.717) is 22.3 Å². The summed E-state index contributed by atoms with van der Waals surface area (Å²) in [6.07, 6.45) is -3.81. The van der Waals surface area contributed by atoms with E-state index in [9.17, 15) is 18.0 Å². The molecule has 0 fully saturated rings. The molecule has 8 heteroatoms. The second kappa shape index (κ2) is 6.60. The van der Waals surface area contributed by atoms with Gasteiger partial charge in [-0.05, 0) is 30.5 Å². The Morgan fingerprint density at radius 1 is 1.27 bits per heavy atom. The number of nitrogens with zero attached hydrogens (tertiary/aromatic N) is 2. The maximum Gasteiger partial charge on any atom is 0.390 e. The molecule has 0 radical (unpaired) electrons. The highest BCUT2D eigenvalue weighted by Gasteiger charge is 2.30. The molecular weight excluding hydrogens is 347 g/mol. The zero-order valence-corrected chi connectivity index (χ0v) is 14.3. The van der Waals surface area contributed by atoms with E-state index in [1.165, 1.54) is 4.57 Å². The summed E-state index contributed by atoms with van der Waals surface area (Å²) in [7, 11) is 1.63. The van der Waals surface area contributed by atoms with Gasteiger partial charge >= 0.3 is 6.18 Å². The van der Waals surface area contributed by atoms with Gasteiger partial charge in [-0.3, -0.25) is 9.78 Å². The number of ether oxygens (including phenoxy) is 1. The van der Waals surface area contributed by atoms with E-state index >= 15 is 0 Å². The van der Waals surface area contributed by atoms with Crippen molar-refractivity contribution in [2.24, 2.45) is 12.8 Å². The quantitative estimate of drug-likeness (QED) is 0.722. The lowest BCUT2D eigenvalue weighted by atomic mass is 10.1. The van der Waals surface area contributed by atoms with Crippen LogP contribution in [0.3, 0.4) is 0 Å². The summed E-state index contributed by atoms with van der Waals surface area (Å²) in [5, 5.41) is 2.15. The summed E-state index contributed by atoms with van der Waals surface area (Å²) in [6, 6.07) is 5.68. The molecule has 0 spiro atoms. The molecule has 2 heterocycles. The molecule has 1 unspecified atom stereocenters. The number of hydrogen-bond acceptors (Lipinski definition) is 4. The summed E-state index contributed by atoms with van der Waals surface area (Å²) in [5.41, 5.74) is 6.53. The topological polar surface area (TPSA) is 70.1 Å². The smallest absolute Gasteiger partial charge is 0.390 e. The molecule has 0 amide bonds. The number of aromatic nitrogens is 2. The number of halogens is 3. The van der Waals surface area contributed by atoms with E-state index in [-0.39, 0.29) is 12.2 Å². The van der Waals surface area contributed by atoms with Crippen molar-refractivity contribution in [1.82, 2.24) is 9.55 Å². The Balaban J connectivity index is 1.98. The van der Waals surface area contributed by atoms with Gasteiger partial charge in [0.1, 0.15) is 12.4 Å². The Labute approximate surface area is 147 Å². The number of hydrogen-bond donors (Lipinski definition) is 1. The highest BCUT2D eigenvalue weighted by atomic mass is 19.4. The van der Waals surface area contributed by atoms with Crippen LogP contribution in [-0.2, 0) is 7.05 Å². The van der Waals surface area contributed by atoms with Crippen LogP contribution in [0.15, 0.2) is 35.3 Å². The molecule has 0 aliphatic rings. The van der Waals surface area contributed by atoms with Crippen molar-refractivity contribution in [2.45, 2.75) is 25.6 Å². The molecule has 0 saturated carbocycles. The van der Waals surface area contributed by atoms with Gasteiger partial charge in [0.15, 0.2) is 0 Å². The molecule has 5 nitrogen and oxygen atoms in total. The van der Waals surface area contributed by atoms with Crippen molar-refractivity contribution in [2.75, 3.05) is 6.61 Å². The molecule has 0 bridgehead atoms. The molecule has 3 rings (SSSR count). The third-order valence-electron chi connectivity index (χ3n) is 4.24. The Kier molecular flexibility index (Phi) is 4.62. The van der Waals surface area contributed by atoms with E-state index in [1.54, 1.807) is 44.4 Å². The molecule has 2 N–H and O–H groups in total. The van der Waals surface area contributed by atoms with Crippen molar-refractivity contribution >= 4 is 21.7 Å². The van der Waals surface area contributed by atoms with Crippen molar-refractivity contribution in [3.63, 3.8) is 0 Å². The first-order valence-corrected chi connectivity index (χ1v) is 8.00. The Bertz CT molecular complexity index is 1030. The van der Waals surface area contributed by atoms with Crippen LogP contribution in [0.4, 0.5) is 13.2 Å². The number of fused-ring (bicyclic) bond motifs is 3. The Hall–Kier alpha value is -2.61. The van der Waals surface area contributed by atoms with Gasteiger partial charge in [-0.25, -0.2) is 0 Å². The SMILES string of the molecule is Cc1nccc2c1c(=O)n(C)c1cc(OCC(N)CC(F)(F)F)ccc21. The number of nitrogens with two attached hydrogens (primary N) is 1. The fraction of sp³-hybridized carbons (Fsp3) is 0.333. The molecule has 138 valence electrons. The molecule has 0 aliphatic carbocycles. The minimum Gasteiger partial charge on any atom is -0.492 e. The van der Waals surface area contributed by atoms with E-state index in [4.69, 9.17) is 10.5 Å². The minimum atomic E-state index is -4.33. The van der Waals surface area contributed by atoms with Crippen LogP contribution in [0.1, 0.15) is 12.1 Å². The lowest BCUT2D eigenvalue weighted by Crippen LogP contribution is -2.33. The lowest BCUT2D eigenvalue weighted by Gasteiger charge is -2.16. The largest absolute Gasteiger partial charge is 0.492 e. The highest BCUT2D eigenvalue weighted by Crippen LogP contribution is 2.27. The zero-order chi connectivity index (χ0) is 19.1. The predicted molar refractivity (Wildman–Crippen MR) is 93.4 cm³/mol. The van der Waals surface area contributed by atoms with E-state index in [2.05, 4.69) is 4.98 Å². The third-order valence-corrected chi connectivity index (χ3v) is 4.24. The van der Waals surface area contributed by atoms with Crippen LogP contribution in [0.25, 0.3) is 21.7 Å². The van der Waals surface area contributed by atoms with Crippen molar-refractivity contribution in [3.8, 4) is 5.75 Å². The molecule has 3 aromatic rings. The Morgan fingerprint density at radius 2 is 2.00 bits per heavy atom. The van der Waals surface area contributed by atoms with Crippen molar-refractivity contribution in [3.05, 3.63) is 46.5 Å². The fourth-order valence-corrected chi connectivity index (χ4v) is 3.00. The van der Waals surface area contributed by atoms with Gasteiger partial charge in [-0.2, -0.15) is 13.2 Å². The molecule has 1 atom stereocenters. The lowest BCUT2D eigenvalue weighted by molar-refractivity contribution is -0.139. The molecule has 2 aromatic heterocycles. The van der Waals surface area contributed by atoms with Gasteiger partial charge in [-0.15, -0.1) is 0 Å². The summed E-state index contributed by atoms with van der Waals surface area (Å²) >= 11 is 0. The van der Waals surface area contributed by atoms with Crippen LogP contribution in [0.5, 0.6) is 5.75 Å². The van der Waals surface area contributed by atoms with Crippen LogP contribution in [0.2, 0.25) is 0 Å². The minimum absolute atomic E-state index is 0.191. The highest BCUT2D eigenvalue weighted by molar-refractivity contribution is 6.06. The third kappa shape index (κ3) is 3.50. The van der Waals surface area contributed by atoms with Crippen molar-refractivity contribution < 1.29 is 17.9 Å². The Morgan fingerprint density at radius 3 is 2.69 bits per heavy atom. The van der Waals surface area contributed by atoms with Gasteiger partial charge in [0, 0.05) is 30.7 Å². The monoisotopic (exact) mass is 365 g/mol. The number of alkyl halides is 3. The van der Waals surface area contributed by atoms with E-state index < -0.39 is 18.6 Å². The van der Waals surface area contributed by atoms with Gasteiger partial charge in [0.2, 0.25) is 0 Å². The molecule has 1 aromatic carbocycles. The standard InChI is InChI=1S/C18H18F3N3O2/c1-10-16-14(5-6-23-10)13-4-3-12(7-15(13)24(2)17(16)25)26-9-11(22)8-18(19,20)21/h3-7,11H,8-9,22H2,1-2H3. The predicted octanol–water partition coefficient (Wildman–Crippen LogP) is 3.05. The molecular formula is C18H18F3N3O2.